The number of ether oxygens (including phenoxy) is 1. The Hall–Kier alpha value is -2.86. The van der Waals surface area contributed by atoms with Crippen molar-refractivity contribution in [2.24, 2.45) is 0 Å². The zero-order valence-corrected chi connectivity index (χ0v) is 14.7. The second-order valence-electron chi connectivity index (χ2n) is 7.23. The number of nitrogens with one attached hydrogen (secondary N) is 1. The van der Waals surface area contributed by atoms with Gasteiger partial charge in [-0.1, -0.05) is 48.5 Å². The Morgan fingerprint density at radius 3 is 2.19 bits per heavy atom. The van der Waals surface area contributed by atoms with E-state index >= 15 is 0 Å². The van der Waals surface area contributed by atoms with E-state index in [1.807, 2.05) is 48.5 Å². The number of aliphatic hydroxyl groups is 1. The molecular weight excluding hydrogens is 346 g/mol. The maximum atomic E-state index is 12.3. The van der Waals surface area contributed by atoms with E-state index in [1.54, 1.807) is 0 Å². The summed E-state index contributed by atoms with van der Waals surface area (Å²) in [5.41, 5.74) is 2.99. The Morgan fingerprint density at radius 1 is 1.07 bits per heavy atom. The Labute approximate surface area is 156 Å². The fraction of sp³-hybridized carbons (Fsp3) is 0.333. The molecule has 27 heavy (non-hydrogen) atoms. The summed E-state index contributed by atoms with van der Waals surface area (Å²) in [4.78, 5) is 23.9. The smallest absolute Gasteiger partial charge is 0.408 e. The van der Waals surface area contributed by atoms with Crippen LogP contribution in [0.5, 0.6) is 0 Å². The fourth-order valence-corrected chi connectivity index (χ4v) is 4.21. The minimum atomic E-state index is -1.46. The predicted octanol–water partition coefficient (Wildman–Crippen LogP) is 2.89. The molecule has 1 fully saturated rings. The third-order valence-corrected chi connectivity index (χ3v) is 5.58. The average Bonchev–Trinajstić information content (AvgIpc) is 3.19. The number of aliphatic hydroxyl groups excluding tert-OH is 1. The van der Waals surface area contributed by atoms with Crippen LogP contribution >= 0.6 is 0 Å². The summed E-state index contributed by atoms with van der Waals surface area (Å²) in [6.45, 7) is 0.123. The van der Waals surface area contributed by atoms with E-state index in [4.69, 9.17) is 4.74 Å². The van der Waals surface area contributed by atoms with Crippen LogP contribution in [0.15, 0.2) is 48.5 Å². The number of aliphatic carboxylic acids is 1. The minimum Gasteiger partial charge on any atom is -0.480 e. The van der Waals surface area contributed by atoms with Crippen LogP contribution in [-0.4, -0.2) is 40.5 Å². The molecule has 1 amide bonds. The van der Waals surface area contributed by atoms with Crippen LogP contribution in [-0.2, 0) is 9.53 Å². The van der Waals surface area contributed by atoms with E-state index in [9.17, 15) is 19.8 Å². The van der Waals surface area contributed by atoms with E-state index in [1.165, 1.54) is 0 Å². The molecule has 2 aromatic rings. The first-order chi connectivity index (χ1) is 13.0. The molecular formula is C21H21NO5. The van der Waals surface area contributed by atoms with Crippen LogP contribution in [0.1, 0.15) is 36.3 Å². The number of rotatable bonds is 4. The van der Waals surface area contributed by atoms with Gasteiger partial charge in [0.2, 0.25) is 0 Å². The summed E-state index contributed by atoms with van der Waals surface area (Å²) < 4.78 is 5.42. The lowest BCUT2D eigenvalue weighted by Crippen LogP contribution is -2.53. The molecule has 140 valence electrons. The molecule has 3 N–H and O–H groups in total. The van der Waals surface area contributed by atoms with Gasteiger partial charge in [0.1, 0.15) is 12.1 Å². The fourth-order valence-electron chi connectivity index (χ4n) is 4.21. The number of carboxylic acid groups (broad SMARTS) is 1. The van der Waals surface area contributed by atoms with Crippen molar-refractivity contribution >= 4 is 12.1 Å². The first kappa shape index (κ1) is 17.5. The summed E-state index contributed by atoms with van der Waals surface area (Å²) in [5.74, 6) is -1.23. The quantitative estimate of drug-likeness (QED) is 0.772. The predicted molar refractivity (Wildman–Crippen MR) is 98.4 cm³/mol. The van der Waals surface area contributed by atoms with Crippen LogP contribution in [0.2, 0.25) is 0 Å². The lowest BCUT2D eigenvalue weighted by Gasteiger charge is -2.25. The topological polar surface area (TPSA) is 95.9 Å². The molecule has 0 aliphatic heterocycles. The van der Waals surface area contributed by atoms with Crippen LogP contribution in [0.3, 0.4) is 0 Å². The molecule has 0 unspecified atom stereocenters. The molecule has 0 spiro atoms. The first-order valence-electron chi connectivity index (χ1n) is 9.05. The number of hydrogen-bond acceptors (Lipinski definition) is 4. The number of hydrogen-bond donors (Lipinski definition) is 3. The van der Waals surface area contributed by atoms with Gasteiger partial charge in [0, 0.05) is 12.3 Å². The molecule has 2 aliphatic carbocycles. The van der Waals surface area contributed by atoms with Crippen LogP contribution < -0.4 is 5.32 Å². The highest BCUT2D eigenvalue weighted by atomic mass is 16.5. The van der Waals surface area contributed by atoms with Crippen molar-refractivity contribution in [3.63, 3.8) is 0 Å². The Kier molecular flexibility index (Phi) is 4.36. The summed E-state index contributed by atoms with van der Waals surface area (Å²) in [5, 5.41) is 21.7. The van der Waals surface area contributed by atoms with Gasteiger partial charge in [-0.3, -0.25) is 0 Å². The van der Waals surface area contributed by atoms with Gasteiger partial charge >= 0.3 is 12.1 Å². The van der Waals surface area contributed by atoms with Gasteiger partial charge in [0.05, 0.1) is 6.10 Å². The third-order valence-electron chi connectivity index (χ3n) is 5.58. The number of carboxylic acids is 1. The zero-order chi connectivity index (χ0) is 19.0. The average molecular weight is 367 g/mol. The van der Waals surface area contributed by atoms with Crippen molar-refractivity contribution in [1.82, 2.24) is 5.32 Å². The van der Waals surface area contributed by atoms with Crippen molar-refractivity contribution < 1.29 is 24.5 Å². The number of carbonyl (C=O) groups excluding carboxylic acids is 1. The van der Waals surface area contributed by atoms with E-state index < -0.39 is 23.7 Å². The summed E-state index contributed by atoms with van der Waals surface area (Å²) >= 11 is 0. The Bertz CT molecular complexity index is 850. The van der Waals surface area contributed by atoms with Gasteiger partial charge in [-0.05, 0) is 35.1 Å². The molecule has 0 heterocycles. The van der Waals surface area contributed by atoms with Gasteiger partial charge in [-0.2, -0.15) is 0 Å². The second-order valence-corrected chi connectivity index (χ2v) is 7.23. The van der Waals surface area contributed by atoms with Crippen LogP contribution in [0.25, 0.3) is 11.1 Å². The largest absolute Gasteiger partial charge is 0.480 e. The number of amides is 1. The molecule has 2 aliphatic rings. The Balaban J connectivity index is 1.49. The molecule has 0 bridgehead atoms. The second kappa shape index (κ2) is 6.70. The highest BCUT2D eigenvalue weighted by Crippen LogP contribution is 2.44. The standard InChI is InChI=1S/C21H21NO5/c23-13-9-10-21(11-13,19(24)25)22-20(26)27-12-18-16-7-3-1-5-14(16)15-6-2-4-8-17(15)18/h1-8,13,18,23H,9-12H2,(H,22,26)(H,24,25)/t13-,21+/m1/s1. The van der Waals surface area contributed by atoms with Crippen LogP contribution in [0.4, 0.5) is 4.79 Å². The number of alkyl carbamates (subject to hydrolysis) is 1. The molecule has 0 saturated heterocycles. The van der Waals surface area contributed by atoms with Gasteiger partial charge in [0.25, 0.3) is 0 Å². The number of carbonyl (C=O) groups is 2. The molecule has 4 rings (SSSR count). The monoisotopic (exact) mass is 367 g/mol. The molecule has 2 aromatic carbocycles. The zero-order valence-electron chi connectivity index (χ0n) is 14.7. The lowest BCUT2D eigenvalue weighted by atomic mass is 9.97. The summed E-state index contributed by atoms with van der Waals surface area (Å²) in [6.07, 6.45) is -0.973. The van der Waals surface area contributed by atoms with Gasteiger partial charge in [0.15, 0.2) is 0 Å². The van der Waals surface area contributed by atoms with Gasteiger partial charge in [-0.15, -0.1) is 0 Å². The van der Waals surface area contributed by atoms with Crippen molar-refractivity contribution in [3.05, 3.63) is 59.7 Å². The van der Waals surface area contributed by atoms with E-state index in [2.05, 4.69) is 5.32 Å². The molecule has 6 heteroatoms. The molecule has 1 saturated carbocycles. The summed E-state index contributed by atoms with van der Waals surface area (Å²) in [7, 11) is 0. The Morgan fingerprint density at radius 2 is 1.67 bits per heavy atom. The number of fused-ring (bicyclic) bond motifs is 3. The highest BCUT2D eigenvalue weighted by molar-refractivity contribution is 5.85. The van der Waals surface area contributed by atoms with Crippen molar-refractivity contribution in [2.45, 2.75) is 36.8 Å². The minimum absolute atomic E-state index is 0.00741. The highest BCUT2D eigenvalue weighted by Gasteiger charge is 2.47. The molecule has 6 nitrogen and oxygen atoms in total. The van der Waals surface area contributed by atoms with Crippen molar-refractivity contribution in [2.75, 3.05) is 6.61 Å². The maximum absolute atomic E-state index is 12.3. The van der Waals surface area contributed by atoms with E-state index in [0.29, 0.717) is 6.42 Å². The van der Waals surface area contributed by atoms with Crippen molar-refractivity contribution in [1.29, 1.82) is 0 Å². The molecule has 2 atom stereocenters. The third kappa shape index (κ3) is 3.06. The molecule has 0 radical (unpaired) electrons. The summed E-state index contributed by atoms with van der Waals surface area (Å²) in [6, 6.07) is 16.0. The normalized spacial score (nSPS) is 23.5. The lowest BCUT2D eigenvalue weighted by molar-refractivity contribution is -0.144. The van der Waals surface area contributed by atoms with Crippen molar-refractivity contribution in [3.8, 4) is 11.1 Å². The van der Waals surface area contributed by atoms with Gasteiger partial charge < -0.3 is 20.3 Å². The maximum Gasteiger partial charge on any atom is 0.408 e. The number of benzene rings is 2. The van der Waals surface area contributed by atoms with E-state index in [0.717, 1.165) is 22.3 Å². The SMILES string of the molecule is O=C(N[C@@]1(C(=O)O)CC[C@@H](O)C1)OCC1c2ccccc2-c2ccccc21. The molecule has 0 aromatic heterocycles. The van der Waals surface area contributed by atoms with E-state index in [-0.39, 0.29) is 25.4 Å². The van der Waals surface area contributed by atoms with Gasteiger partial charge in [-0.25, -0.2) is 9.59 Å². The van der Waals surface area contributed by atoms with Crippen LogP contribution in [0, 0.1) is 0 Å². The first-order valence-corrected chi connectivity index (χ1v) is 9.05.